The minimum atomic E-state index is 0.0654. The van der Waals surface area contributed by atoms with Crippen LogP contribution in [-0.2, 0) is 10.2 Å². The number of hydrogen-bond acceptors (Lipinski definition) is 4. The largest absolute Gasteiger partial charge is 0.381 e. The average Bonchev–Trinajstić information content (AvgIpc) is 2.84. The molecule has 1 N–H and O–H groups in total. The second-order valence-corrected chi connectivity index (χ2v) is 8.09. The van der Waals surface area contributed by atoms with Gasteiger partial charge in [0.25, 0.3) is 0 Å². The van der Waals surface area contributed by atoms with Gasteiger partial charge in [-0.25, -0.2) is 4.98 Å². The van der Waals surface area contributed by atoms with Crippen molar-refractivity contribution in [3.05, 3.63) is 60.3 Å². The number of nitrogens with one attached hydrogen (secondary N) is 1. The summed E-state index contributed by atoms with van der Waals surface area (Å²) < 4.78 is 5.68. The Hall–Kier alpha value is -2.60. The van der Waals surface area contributed by atoms with Crippen molar-refractivity contribution >= 4 is 11.8 Å². The van der Waals surface area contributed by atoms with Crippen LogP contribution in [0.15, 0.2) is 59.7 Å². The molecule has 3 heterocycles. The number of pyridine rings is 1. The number of benzene rings is 1. The van der Waals surface area contributed by atoms with Crippen LogP contribution in [0.3, 0.4) is 0 Å². The van der Waals surface area contributed by atoms with Gasteiger partial charge in [-0.05, 0) is 37.5 Å². The topological polar surface area (TPSA) is 53.0 Å². The summed E-state index contributed by atoms with van der Waals surface area (Å²) in [6.45, 7) is 9.24. The smallest absolute Gasteiger partial charge is 0.194 e. The maximum absolute atomic E-state index is 5.68. The lowest BCUT2D eigenvalue weighted by Crippen LogP contribution is -2.53. The number of ether oxygens (including phenoxy) is 1. The van der Waals surface area contributed by atoms with E-state index in [-0.39, 0.29) is 5.41 Å². The number of anilines is 1. The molecule has 2 saturated heterocycles. The van der Waals surface area contributed by atoms with Gasteiger partial charge in [0.1, 0.15) is 5.82 Å². The van der Waals surface area contributed by atoms with Gasteiger partial charge < -0.3 is 19.9 Å². The SMILES string of the molecule is CCNC(=NCC1(c2ccccc2)CCOCC1)N1CCN(c2ccccn2)CC1. The molecule has 0 unspecified atom stereocenters. The highest BCUT2D eigenvalue weighted by molar-refractivity contribution is 5.80. The van der Waals surface area contributed by atoms with Gasteiger partial charge in [-0.3, -0.25) is 4.99 Å². The molecule has 30 heavy (non-hydrogen) atoms. The van der Waals surface area contributed by atoms with Crippen LogP contribution in [-0.4, -0.2) is 68.3 Å². The van der Waals surface area contributed by atoms with Crippen molar-refractivity contribution in [1.29, 1.82) is 0 Å². The van der Waals surface area contributed by atoms with Gasteiger partial charge in [0.2, 0.25) is 0 Å². The second kappa shape index (κ2) is 9.94. The van der Waals surface area contributed by atoms with Crippen molar-refractivity contribution in [3.63, 3.8) is 0 Å². The lowest BCUT2D eigenvalue weighted by atomic mass is 9.74. The van der Waals surface area contributed by atoms with E-state index in [2.05, 4.69) is 69.5 Å². The minimum absolute atomic E-state index is 0.0654. The van der Waals surface area contributed by atoms with E-state index in [1.165, 1.54) is 5.56 Å². The zero-order valence-corrected chi connectivity index (χ0v) is 18.0. The van der Waals surface area contributed by atoms with Gasteiger partial charge in [0.05, 0.1) is 6.54 Å². The van der Waals surface area contributed by atoms with Crippen molar-refractivity contribution in [2.75, 3.05) is 57.4 Å². The highest BCUT2D eigenvalue weighted by atomic mass is 16.5. The van der Waals surface area contributed by atoms with Gasteiger partial charge in [-0.1, -0.05) is 36.4 Å². The zero-order valence-electron chi connectivity index (χ0n) is 18.0. The summed E-state index contributed by atoms with van der Waals surface area (Å²) in [6.07, 6.45) is 3.91. The Balaban J connectivity index is 1.47. The summed E-state index contributed by atoms with van der Waals surface area (Å²) in [5, 5.41) is 3.53. The first kappa shape index (κ1) is 20.7. The van der Waals surface area contributed by atoms with Crippen LogP contribution in [0, 0.1) is 0 Å². The molecule has 1 aromatic carbocycles. The predicted octanol–water partition coefficient (Wildman–Crippen LogP) is 2.92. The molecule has 1 aromatic heterocycles. The fourth-order valence-electron chi connectivity index (χ4n) is 4.43. The highest BCUT2D eigenvalue weighted by Crippen LogP contribution is 2.35. The third-order valence-electron chi connectivity index (χ3n) is 6.25. The summed E-state index contributed by atoms with van der Waals surface area (Å²) >= 11 is 0. The molecule has 0 amide bonds. The summed E-state index contributed by atoms with van der Waals surface area (Å²) in [7, 11) is 0. The number of aliphatic imine (C=N–C) groups is 1. The summed E-state index contributed by atoms with van der Waals surface area (Å²) in [5.74, 6) is 2.09. The average molecular weight is 408 g/mol. The van der Waals surface area contributed by atoms with Crippen LogP contribution in [0.4, 0.5) is 5.82 Å². The van der Waals surface area contributed by atoms with Crippen LogP contribution in [0.25, 0.3) is 0 Å². The van der Waals surface area contributed by atoms with Crippen LogP contribution in [0.1, 0.15) is 25.3 Å². The molecule has 2 aliphatic heterocycles. The predicted molar refractivity (Wildman–Crippen MR) is 122 cm³/mol. The molecular formula is C24H33N5O. The number of guanidine groups is 1. The molecule has 6 heteroatoms. The van der Waals surface area contributed by atoms with Crippen molar-refractivity contribution in [3.8, 4) is 0 Å². The summed E-state index contributed by atoms with van der Waals surface area (Å²) in [5.41, 5.74) is 1.45. The molecule has 0 bridgehead atoms. The highest BCUT2D eigenvalue weighted by Gasteiger charge is 2.34. The van der Waals surface area contributed by atoms with Crippen LogP contribution >= 0.6 is 0 Å². The van der Waals surface area contributed by atoms with Crippen molar-refractivity contribution in [2.24, 2.45) is 4.99 Å². The van der Waals surface area contributed by atoms with Crippen molar-refractivity contribution in [2.45, 2.75) is 25.2 Å². The number of piperazine rings is 1. The number of nitrogens with zero attached hydrogens (tertiary/aromatic N) is 4. The monoisotopic (exact) mass is 407 g/mol. The van der Waals surface area contributed by atoms with E-state index in [0.29, 0.717) is 0 Å². The van der Waals surface area contributed by atoms with Crippen molar-refractivity contribution in [1.82, 2.24) is 15.2 Å². The number of hydrogen-bond donors (Lipinski definition) is 1. The molecule has 0 atom stereocenters. The Kier molecular flexibility index (Phi) is 6.84. The molecule has 4 rings (SSSR count). The van der Waals surface area contributed by atoms with Crippen LogP contribution < -0.4 is 10.2 Å². The van der Waals surface area contributed by atoms with E-state index in [1.807, 2.05) is 12.3 Å². The Bertz CT molecular complexity index is 797. The maximum Gasteiger partial charge on any atom is 0.194 e. The third-order valence-corrected chi connectivity index (χ3v) is 6.25. The maximum atomic E-state index is 5.68. The zero-order chi connectivity index (χ0) is 20.7. The standard InChI is InChI=1S/C24H33N5O/c1-2-25-23(29-16-14-28(15-17-29)22-10-6-7-13-26-22)27-20-24(11-18-30-19-12-24)21-8-4-3-5-9-21/h3-10,13H,2,11-12,14-20H2,1H3,(H,25,27). The van der Waals surface area contributed by atoms with Crippen LogP contribution in [0.2, 0.25) is 0 Å². The molecule has 2 aliphatic rings. The fourth-order valence-corrected chi connectivity index (χ4v) is 4.43. The molecular weight excluding hydrogens is 374 g/mol. The van der Waals surface area contributed by atoms with E-state index in [1.54, 1.807) is 0 Å². The Morgan fingerprint density at radius 1 is 1.03 bits per heavy atom. The van der Waals surface area contributed by atoms with Crippen molar-refractivity contribution < 1.29 is 4.74 Å². The summed E-state index contributed by atoms with van der Waals surface area (Å²) in [6, 6.07) is 17.0. The molecule has 2 aromatic rings. The molecule has 6 nitrogen and oxygen atoms in total. The van der Waals surface area contributed by atoms with Gasteiger partial charge in [-0.15, -0.1) is 0 Å². The first-order valence-electron chi connectivity index (χ1n) is 11.1. The summed E-state index contributed by atoms with van der Waals surface area (Å²) in [4.78, 5) is 14.4. The number of rotatable bonds is 5. The van der Waals surface area contributed by atoms with Gasteiger partial charge in [0.15, 0.2) is 5.96 Å². The Morgan fingerprint density at radius 3 is 2.43 bits per heavy atom. The molecule has 2 fully saturated rings. The molecule has 0 saturated carbocycles. The van der Waals surface area contributed by atoms with Gasteiger partial charge in [0, 0.05) is 57.5 Å². The van der Waals surface area contributed by atoms with Gasteiger partial charge >= 0.3 is 0 Å². The van der Waals surface area contributed by atoms with E-state index in [4.69, 9.17) is 9.73 Å². The van der Waals surface area contributed by atoms with E-state index in [0.717, 1.165) is 77.1 Å². The first-order chi connectivity index (χ1) is 14.8. The van der Waals surface area contributed by atoms with Crippen LogP contribution in [0.5, 0.6) is 0 Å². The van der Waals surface area contributed by atoms with E-state index >= 15 is 0 Å². The normalized spacial score (nSPS) is 19.6. The lowest BCUT2D eigenvalue weighted by molar-refractivity contribution is 0.0530. The minimum Gasteiger partial charge on any atom is -0.381 e. The Labute approximate surface area is 180 Å². The van der Waals surface area contributed by atoms with E-state index in [9.17, 15) is 0 Å². The molecule has 0 aliphatic carbocycles. The molecule has 0 spiro atoms. The number of aromatic nitrogens is 1. The lowest BCUT2D eigenvalue weighted by Gasteiger charge is -2.39. The third kappa shape index (κ3) is 4.75. The van der Waals surface area contributed by atoms with Gasteiger partial charge in [-0.2, -0.15) is 0 Å². The van der Waals surface area contributed by atoms with E-state index < -0.39 is 0 Å². The molecule has 0 radical (unpaired) electrons. The second-order valence-electron chi connectivity index (χ2n) is 8.09. The fraction of sp³-hybridized carbons (Fsp3) is 0.500. The quantitative estimate of drug-likeness (QED) is 0.610. The Morgan fingerprint density at radius 2 is 1.77 bits per heavy atom. The first-order valence-corrected chi connectivity index (χ1v) is 11.1. The molecule has 160 valence electrons.